The first-order chi connectivity index (χ1) is 17.3. The van der Waals surface area contributed by atoms with E-state index in [0.29, 0.717) is 40.2 Å². The Kier molecular flexibility index (Phi) is 7.85. The van der Waals surface area contributed by atoms with Crippen LogP contribution >= 0.6 is 31.9 Å². The molecule has 1 N–H and O–H groups in total. The van der Waals surface area contributed by atoms with Gasteiger partial charge in [-0.3, -0.25) is 4.79 Å². The Labute approximate surface area is 223 Å². The van der Waals surface area contributed by atoms with E-state index in [1.807, 2.05) is 13.0 Å². The minimum absolute atomic E-state index is 0.171. The van der Waals surface area contributed by atoms with Crippen molar-refractivity contribution in [2.24, 2.45) is 5.10 Å². The van der Waals surface area contributed by atoms with Crippen LogP contribution in [0.1, 0.15) is 34.2 Å². The first-order valence-electron chi connectivity index (χ1n) is 10.9. The zero-order valence-electron chi connectivity index (χ0n) is 19.4. The van der Waals surface area contributed by atoms with Gasteiger partial charge in [-0.05, 0) is 48.0 Å². The molecular formula is C26H21Br2N3O5. The van der Waals surface area contributed by atoms with Crippen molar-refractivity contribution in [1.29, 1.82) is 0 Å². The zero-order valence-corrected chi connectivity index (χ0v) is 22.5. The summed E-state index contributed by atoms with van der Waals surface area (Å²) < 4.78 is 14.4. The monoisotopic (exact) mass is 613 g/mol. The molecule has 3 aromatic carbocycles. The second kappa shape index (κ2) is 11.0. The van der Waals surface area contributed by atoms with Gasteiger partial charge >= 0.3 is 5.97 Å². The van der Waals surface area contributed by atoms with Crippen molar-refractivity contribution in [1.82, 2.24) is 9.66 Å². The molecule has 0 amide bonds. The fraction of sp³-hybridized carbons (Fsp3) is 0.154. The van der Waals surface area contributed by atoms with E-state index < -0.39 is 5.97 Å². The van der Waals surface area contributed by atoms with Crippen LogP contribution in [-0.4, -0.2) is 34.1 Å². The van der Waals surface area contributed by atoms with E-state index in [1.165, 1.54) is 30.1 Å². The van der Waals surface area contributed by atoms with E-state index in [0.717, 1.165) is 14.5 Å². The second-order valence-corrected chi connectivity index (χ2v) is 9.55. The maximum absolute atomic E-state index is 13.2. The van der Waals surface area contributed by atoms with Gasteiger partial charge in [-0.15, -0.1) is 0 Å². The van der Waals surface area contributed by atoms with Crippen LogP contribution in [0.4, 0.5) is 0 Å². The van der Waals surface area contributed by atoms with Gasteiger partial charge < -0.3 is 14.6 Å². The van der Waals surface area contributed by atoms with Crippen molar-refractivity contribution in [2.45, 2.75) is 20.0 Å². The molecule has 1 aromatic heterocycles. The Morgan fingerprint density at radius 1 is 1.11 bits per heavy atom. The van der Waals surface area contributed by atoms with Crippen LogP contribution in [0.5, 0.6) is 11.5 Å². The summed E-state index contributed by atoms with van der Waals surface area (Å²) in [5.74, 6) is 0.424. The lowest BCUT2D eigenvalue weighted by Gasteiger charge is -2.14. The predicted molar refractivity (Wildman–Crippen MR) is 145 cm³/mol. The molecule has 4 aromatic rings. The quantitative estimate of drug-likeness (QED) is 0.257. The number of fused-ring (bicyclic) bond motifs is 1. The number of hydrogen-bond donors (Lipinski definition) is 1. The number of nitrogens with zero attached hydrogens (tertiary/aromatic N) is 3. The molecule has 4 rings (SSSR count). The highest BCUT2D eigenvalue weighted by Crippen LogP contribution is 2.34. The molecule has 1 heterocycles. The average molecular weight is 615 g/mol. The molecule has 0 atom stereocenters. The normalized spacial score (nSPS) is 11.2. The first kappa shape index (κ1) is 25.6. The van der Waals surface area contributed by atoms with Gasteiger partial charge in [0.05, 0.1) is 29.8 Å². The second-order valence-electron chi connectivity index (χ2n) is 7.72. The van der Waals surface area contributed by atoms with Gasteiger partial charge in [0.25, 0.3) is 5.56 Å². The number of ether oxygens (including phenoxy) is 2. The molecule has 0 bridgehead atoms. The number of aromatic nitrogens is 2. The SMILES string of the molecule is CCc1nc2ccc(Br)cc2c(=O)n1N=Cc1cc(Br)cc(OC)c1OCc1ccc(C(=O)O)cc1. The topological polar surface area (TPSA) is 103 Å². The molecule has 36 heavy (non-hydrogen) atoms. The lowest BCUT2D eigenvalue weighted by Crippen LogP contribution is -2.22. The van der Waals surface area contributed by atoms with Crippen molar-refractivity contribution in [3.63, 3.8) is 0 Å². The van der Waals surface area contributed by atoms with Gasteiger partial charge in [-0.2, -0.15) is 9.78 Å². The molecule has 0 saturated heterocycles. The number of aromatic carboxylic acids is 1. The van der Waals surface area contributed by atoms with Crippen LogP contribution in [0, 0.1) is 0 Å². The molecule has 0 saturated carbocycles. The highest BCUT2D eigenvalue weighted by Gasteiger charge is 2.14. The molecule has 0 unspecified atom stereocenters. The predicted octanol–water partition coefficient (Wildman–Crippen LogP) is 5.65. The van der Waals surface area contributed by atoms with Gasteiger partial charge in [0.2, 0.25) is 0 Å². The van der Waals surface area contributed by atoms with E-state index in [-0.39, 0.29) is 17.7 Å². The van der Waals surface area contributed by atoms with Gasteiger partial charge in [0.1, 0.15) is 12.4 Å². The standard InChI is InChI=1S/C26H21Br2N3O5/c1-3-23-30-21-9-8-18(27)11-20(21)25(32)31(23)29-13-17-10-19(28)12-22(35-2)24(17)36-14-15-4-6-16(7-5-15)26(33)34/h4-13H,3,14H2,1-2H3,(H,33,34). The summed E-state index contributed by atoms with van der Waals surface area (Å²) in [6, 6.07) is 15.3. The summed E-state index contributed by atoms with van der Waals surface area (Å²) in [6.45, 7) is 2.08. The van der Waals surface area contributed by atoms with Crippen LogP contribution < -0.4 is 15.0 Å². The van der Waals surface area contributed by atoms with Gasteiger partial charge in [-0.1, -0.05) is 50.9 Å². The number of carboxylic acid groups (broad SMARTS) is 1. The molecule has 0 aliphatic carbocycles. The number of carbonyl (C=O) groups is 1. The Balaban J connectivity index is 1.72. The van der Waals surface area contributed by atoms with Crippen LogP contribution in [0.15, 0.2) is 73.4 Å². The molecule has 0 aliphatic rings. The summed E-state index contributed by atoms with van der Waals surface area (Å²) in [5, 5.41) is 14.0. The fourth-order valence-corrected chi connectivity index (χ4v) is 4.37. The molecule has 0 spiro atoms. The van der Waals surface area contributed by atoms with E-state index in [2.05, 4.69) is 41.9 Å². The number of methoxy groups -OCH3 is 1. The smallest absolute Gasteiger partial charge is 0.335 e. The Morgan fingerprint density at radius 3 is 2.53 bits per heavy atom. The Bertz CT molecular complexity index is 1530. The zero-order chi connectivity index (χ0) is 25.8. The van der Waals surface area contributed by atoms with Crippen molar-refractivity contribution in [2.75, 3.05) is 7.11 Å². The van der Waals surface area contributed by atoms with Crippen molar-refractivity contribution < 1.29 is 19.4 Å². The largest absolute Gasteiger partial charge is 0.493 e. The molecule has 0 radical (unpaired) electrons. The third kappa shape index (κ3) is 5.50. The van der Waals surface area contributed by atoms with Gasteiger partial charge in [0, 0.05) is 20.9 Å². The van der Waals surface area contributed by atoms with Crippen LogP contribution in [0.25, 0.3) is 10.9 Å². The molecule has 184 valence electrons. The first-order valence-corrected chi connectivity index (χ1v) is 12.5. The van der Waals surface area contributed by atoms with Crippen molar-refractivity contribution in [3.05, 3.63) is 96.4 Å². The summed E-state index contributed by atoms with van der Waals surface area (Å²) >= 11 is 6.88. The summed E-state index contributed by atoms with van der Waals surface area (Å²) in [6.07, 6.45) is 2.04. The van der Waals surface area contributed by atoms with Crippen LogP contribution in [-0.2, 0) is 13.0 Å². The van der Waals surface area contributed by atoms with E-state index in [4.69, 9.17) is 14.6 Å². The highest BCUT2D eigenvalue weighted by atomic mass is 79.9. The van der Waals surface area contributed by atoms with Crippen molar-refractivity contribution in [3.8, 4) is 11.5 Å². The number of rotatable bonds is 8. The highest BCUT2D eigenvalue weighted by molar-refractivity contribution is 9.10. The van der Waals surface area contributed by atoms with Crippen LogP contribution in [0.2, 0.25) is 0 Å². The lowest BCUT2D eigenvalue weighted by atomic mass is 10.1. The Hall–Kier alpha value is -3.50. The van der Waals surface area contributed by atoms with Crippen LogP contribution in [0.3, 0.4) is 0 Å². The van der Waals surface area contributed by atoms with Gasteiger partial charge in [-0.25, -0.2) is 9.78 Å². The van der Waals surface area contributed by atoms with E-state index in [9.17, 15) is 9.59 Å². The summed E-state index contributed by atoms with van der Waals surface area (Å²) in [7, 11) is 1.53. The molecule has 0 fully saturated rings. The maximum Gasteiger partial charge on any atom is 0.335 e. The maximum atomic E-state index is 13.2. The number of benzene rings is 3. The summed E-state index contributed by atoms with van der Waals surface area (Å²) in [5.41, 5.74) is 1.88. The van der Waals surface area contributed by atoms with E-state index in [1.54, 1.807) is 36.4 Å². The molecular weight excluding hydrogens is 594 g/mol. The number of aryl methyl sites for hydroxylation is 1. The number of halogens is 2. The van der Waals surface area contributed by atoms with E-state index >= 15 is 0 Å². The minimum Gasteiger partial charge on any atom is -0.493 e. The molecule has 10 heteroatoms. The minimum atomic E-state index is -0.993. The third-order valence-corrected chi connectivity index (χ3v) is 6.31. The average Bonchev–Trinajstić information content (AvgIpc) is 2.87. The lowest BCUT2D eigenvalue weighted by molar-refractivity contribution is 0.0697. The van der Waals surface area contributed by atoms with Crippen molar-refractivity contribution >= 4 is 54.9 Å². The van der Waals surface area contributed by atoms with Gasteiger partial charge in [0.15, 0.2) is 11.5 Å². The fourth-order valence-electron chi connectivity index (χ4n) is 3.55. The number of hydrogen-bond acceptors (Lipinski definition) is 6. The molecule has 8 nitrogen and oxygen atoms in total. The third-order valence-electron chi connectivity index (χ3n) is 5.36. The molecule has 0 aliphatic heterocycles. The number of carboxylic acids is 1. The Morgan fingerprint density at radius 2 is 1.86 bits per heavy atom. The summed E-state index contributed by atoms with van der Waals surface area (Å²) in [4.78, 5) is 28.9.